The van der Waals surface area contributed by atoms with Crippen LogP contribution in [0.15, 0.2) is 42.6 Å². The number of carbonyl (C=O) groups is 1. The van der Waals surface area contributed by atoms with E-state index in [1.165, 1.54) is 6.07 Å². The van der Waals surface area contributed by atoms with Crippen molar-refractivity contribution in [2.24, 2.45) is 7.05 Å². The van der Waals surface area contributed by atoms with Gasteiger partial charge in [-0.15, -0.1) is 0 Å². The van der Waals surface area contributed by atoms with E-state index in [1.807, 2.05) is 6.07 Å². The Balaban J connectivity index is 1.60. The smallest absolute Gasteiger partial charge is 0.255 e. The lowest BCUT2D eigenvalue weighted by atomic mass is 10.1. The molecule has 0 aliphatic carbocycles. The number of fused-ring (bicyclic) bond motifs is 1. The molecule has 0 spiro atoms. The first-order valence-electron chi connectivity index (χ1n) is 9.62. The van der Waals surface area contributed by atoms with Gasteiger partial charge in [0.1, 0.15) is 5.69 Å². The summed E-state index contributed by atoms with van der Waals surface area (Å²) in [6.45, 7) is 2.84. The van der Waals surface area contributed by atoms with Crippen LogP contribution in [0.4, 0.5) is 8.78 Å². The number of aryl methyl sites for hydroxylation is 1. The summed E-state index contributed by atoms with van der Waals surface area (Å²) in [6, 6.07) is 8.47. The van der Waals surface area contributed by atoms with Gasteiger partial charge in [0.25, 0.3) is 5.91 Å². The summed E-state index contributed by atoms with van der Waals surface area (Å²) in [5.74, 6) is -0.992. The van der Waals surface area contributed by atoms with Gasteiger partial charge in [-0.25, -0.2) is 8.78 Å². The second-order valence-electron chi connectivity index (χ2n) is 7.15. The highest BCUT2D eigenvalue weighted by Crippen LogP contribution is 2.35. The summed E-state index contributed by atoms with van der Waals surface area (Å²) < 4.78 is 39.7. The van der Waals surface area contributed by atoms with Gasteiger partial charge in [-0.1, -0.05) is 6.07 Å². The highest BCUT2D eigenvalue weighted by molar-refractivity contribution is 6.00. The van der Waals surface area contributed by atoms with E-state index in [2.05, 4.69) is 10.4 Å². The van der Waals surface area contributed by atoms with Crippen molar-refractivity contribution in [1.82, 2.24) is 15.1 Å². The summed E-state index contributed by atoms with van der Waals surface area (Å²) >= 11 is 0. The molecule has 8 heteroatoms. The average molecular weight is 413 g/mol. The van der Waals surface area contributed by atoms with E-state index >= 15 is 0 Å². The fraction of sp³-hybridized carbons (Fsp3) is 0.273. The maximum atomic E-state index is 13.5. The number of amides is 1. The minimum absolute atomic E-state index is 0.362. The van der Waals surface area contributed by atoms with Crippen LogP contribution in [0.3, 0.4) is 0 Å². The van der Waals surface area contributed by atoms with E-state index in [-0.39, 0.29) is 5.91 Å². The summed E-state index contributed by atoms with van der Waals surface area (Å²) in [5.41, 5.74) is 2.03. The molecule has 1 aromatic heterocycles. The Kier molecular flexibility index (Phi) is 5.39. The lowest BCUT2D eigenvalue weighted by Crippen LogP contribution is -2.27. The molecule has 1 aliphatic rings. The summed E-state index contributed by atoms with van der Waals surface area (Å²) in [7, 11) is 1.72. The largest absolute Gasteiger partial charge is 0.490 e. The van der Waals surface area contributed by atoms with Crippen molar-refractivity contribution in [2.75, 3.05) is 13.2 Å². The Labute approximate surface area is 172 Å². The van der Waals surface area contributed by atoms with Crippen LogP contribution in [-0.2, 0) is 7.05 Å². The maximum absolute atomic E-state index is 13.5. The molecule has 2 aromatic carbocycles. The number of hydrogen-bond donors (Lipinski definition) is 1. The molecule has 6 nitrogen and oxygen atoms in total. The topological polar surface area (TPSA) is 65.4 Å². The molecule has 1 atom stereocenters. The number of rotatable bonds is 4. The van der Waals surface area contributed by atoms with Gasteiger partial charge in [-0.05, 0) is 42.8 Å². The third kappa shape index (κ3) is 3.98. The predicted octanol–water partition coefficient (Wildman–Crippen LogP) is 4.02. The second kappa shape index (κ2) is 8.14. The normalized spacial score (nSPS) is 14.1. The average Bonchev–Trinajstić information content (AvgIpc) is 2.97. The van der Waals surface area contributed by atoms with Crippen LogP contribution in [0.25, 0.3) is 11.3 Å². The lowest BCUT2D eigenvalue weighted by Gasteiger charge is -2.15. The zero-order valence-electron chi connectivity index (χ0n) is 16.6. The number of aromatic nitrogens is 2. The molecule has 0 saturated carbocycles. The molecule has 1 amide bonds. The van der Waals surface area contributed by atoms with Gasteiger partial charge >= 0.3 is 0 Å². The first-order chi connectivity index (χ1) is 14.4. The minimum Gasteiger partial charge on any atom is -0.490 e. The fourth-order valence-corrected chi connectivity index (χ4v) is 3.32. The number of benzene rings is 2. The summed E-state index contributed by atoms with van der Waals surface area (Å²) in [4.78, 5) is 12.9. The van der Waals surface area contributed by atoms with Crippen LogP contribution in [0.5, 0.6) is 11.5 Å². The van der Waals surface area contributed by atoms with E-state index in [1.54, 1.807) is 37.0 Å². The predicted molar refractivity (Wildman–Crippen MR) is 106 cm³/mol. The SMILES string of the molecule is CC(NC(=O)c1cn(C)nc1-c1ccc2c(c1)OCCCO2)c1ccc(F)c(F)c1. The van der Waals surface area contributed by atoms with Crippen molar-refractivity contribution < 1.29 is 23.0 Å². The van der Waals surface area contributed by atoms with E-state index in [0.29, 0.717) is 47.1 Å². The Morgan fingerprint density at radius 1 is 1.10 bits per heavy atom. The standard InChI is InChI=1S/C22H21F2N3O3/c1-13(14-4-6-17(23)18(24)10-14)25-22(28)16-12-27(2)26-21(16)15-5-7-19-20(11-15)30-9-3-8-29-19/h4-7,10-13H,3,8-9H2,1-2H3,(H,25,28). The molecule has 4 rings (SSSR count). The van der Waals surface area contributed by atoms with E-state index < -0.39 is 17.7 Å². The molecule has 2 heterocycles. The van der Waals surface area contributed by atoms with Crippen LogP contribution in [0.2, 0.25) is 0 Å². The molecule has 30 heavy (non-hydrogen) atoms. The van der Waals surface area contributed by atoms with Crippen LogP contribution in [0, 0.1) is 11.6 Å². The second-order valence-corrected chi connectivity index (χ2v) is 7.15. The van der Waals surface area contributed by atoms with Gasteiger partial charge in [0.15, 0.2) is 23.1 Å². The zero-order chi connectivity index (χ0) is 21.3. The van der Waals surface area contributed by atoms with Gasteiger partial charge in [0, 0.05) is 25.2 Å². The lowest BCUT2D eigenvalue weighted by molar-refractivity contribution is 0.0940. The van der Waals surface area contributed by atoms with Gasteiger partial charge in [-0.3, -0.25) is 9.48 Å². The van der Waals surface area contributed by atoms with Crippen molar-refractivity contribution in [3.63, 3.8) is 0 Å². The Hall–Kier alpha value is -3.42. The van der Waals surface area contributed by atoms with Crippen molar-refractivity contribution in [1.29, 1.82) is 0 Å². The molecule has 1 unspecified atom stereocenters. The zero-order valence-corrected chi connectivity index (χ0v) is 16.6. The first kappa shape index (κ1) is 19.9. The van der Waals surface area contributed by atoms with E-state index in [0.717, 1.165) is 18.6 Å². The fourth-order valence-electron chi connectivity index (χ4n) is 3.32. The third-order valence-electron chi connectivity index (χ3n) is 4.89. The quantitative estimate of drug-likeness (QED) is 0.702. The number of ether oxygens (including phenoxy) is 2. The molecule has 1 aliphatic heterocycles. The highest BCUT2D eigenvalue weighted by atomic mass is 19.2. The Morgan fingerprint density at radius 2 is 1.87 bits per heavy atom. The number of carbonyl (C=O) groups excluding carboxylic acids is 1. The van der Waals surface area contributed by atoms with Crippen LogP contribution < -0.4 is 14.8 Å². The van der Waals surface area contributed by atoms with Crippen molar-refractivity contribution in [3.05, 3.63) is 65.4 Å². The van der Waals surface area contributed by atoms with Crippen LogP contribution in [0.1, 0.15) is 35.3 Å². The Morgan fingerprint density at radius 3 is 2.63 bits per heavy atom. The van der Waals surface area contributed by atoms with Crippen LogP contribution >= 0.6 is 0 Å². The molecule has 0 bridgehead atoms. The Bertz CT molecular complexity index is 1100. The number of nitrogens with zero attached hydrogens (tertiary/aromatic N) is 2. The van der Waals surface area contributed by atoms with Gasteiger partial charge in [-0.2, -0.15) is 5.10 Å². The highest BCUT2D eigenvalue weighted by Gasteiger charge is 2.21. The molecule has 0 saturated heterocycles. The molecule has 3 aromatic rings. The number of nitrogens with one attached hydrogen (secondary N) is 1. The van der Waals surface area contributed by atoms with Gasteiger partial charge in [0.2, 0.25) is 0 Å². The van der Waals surface area contributed by atoms with Crippen molar-refractivity contribution in [3.8, 4) is 22.8 Å². The monoisotopic (exact) mass is 413 g/mol. The molecule has 1 N–H and O–H groups in total. The van der Waals surface area contributed by atoms with Gasteiger partial charge in [0.05, 0.1) is 24.8 Å². The molecule has 156 valence electrons. The van der Waals surface area contributed by atoms with Gasteiger partial charge < -0.3 is 14.8 Å². The van der Waals surface area contributed by atoms with Crippen molar-refractivity contribution >= 4 is 5.91 Å². The molecular formula is C22H21F2N3O3. The maximum Gasteiger partial charge on any atom is 0.255 e. The first-order valence-corrected chi connectivity index (χ1v) is 9.62. The number of halogens is 2. The number of hydrogen-bond acceptors (Lipinski definition) is 4. The van der Waals surface area contributed by atoms with Crippen LogP contribution in [-0.4, -0.2) is 28.9 Å². The summed E-state index contributed by atoms with van der Waals surface area (Å²) in [6.07, 6.45) is 2.41. The van der Waals surface area contributed by atoms with E-state index in [4.69, 9.17) is 9.47 Å². The molecule has 0 radical (unpaired) electrons. The molecule has 0 fully saturated rings. The van der Waals surface area contributed by atoms with Crippen molar-refractivity contribution in [2.45, 2.75) is 19.4 Å². The third-order valence-corrected chi connectivity index (χ3v) is 4.89. The summed E-state index contributed by atoms with van der Waals surface area (Å²) in [5, 5.41) is 7.25. The van der Waals surface area contributed by atoms with E-state index in [9.17, 15) is 13.6 Å². The minimum atomic E-state index is -0.956. The molecular weight excluding hydrogens is 392 g/mol.